The number of nitriles is 1. The molecular formula is C45H38ClN11O18S7. The zero-order chi connectivity index (χ0) is 60.0. The number of thiazole rings is 1. The second-order valence-corrected chi connectivity index (χ2v) is 27.3. The molecule has 0 unspecified atom stereocenters. The molecule has 3 heterocycles. The number of hydrogen-bond acceptors (Lipinski definition) is 24. The molecule has 1 amide bonds. The van der Waals surface area contributed by atoms with E-state index in [1.54, 1.807) is 6.92 Å². The summed E-state index contributed by atoms with van der Waals surface area (Å²) in [7, 11) is -23.6. The van der Waals surface area contributed by atoms with Crippen molar-refractivity contribution in [3.63, 3.8) is 0 Å². The molecule has 0 saturated carbocycles. The number of carbonyl (C=O) groups excluding carboxylic acids is 1. The average molecular weight is 1280 g/mol. The second kappa shape index (κ2) is 23.2. The summed E-state index contributed by atoms with van der Waals surface area (Å²) in [6, 6.07) is 13.8. The Labute approximate surface area is 477 Å². The summed E-state index contributed by atoms with van der Waals surface area (Å²) in [6.45, 7) is 3.76. The van der Waals surface area contributed by atoms with Gasteiger partial charge in [0, 0.05) is 33.9 Å². The van der Waals surface area contributed by atoms with Gasteiger partial charge in [-0.05, 0) is 91.9 Å². The van der Waals surface area contributed by atoms with Gasteiger partial charge in [-0.1, -0.05) is 29.0 Å². The molecular weight excluding hydrogens is 1240 g/mol. The largest absolute Gasteiger partial charge is 0.493 e. The number of nitrogens with zero attached hydrogens (tertiary/aromatic N) is 10. The van der Waals surface area contributed by atoms with Gasteiger partial charge in [-0.3, -0.25) is 32.0 Å². The van der Waals surface area contributed by atoms with Crippen molar-refractivity contribution in [1.29, 1.82) is 5.26 Å². The van der Waals surface area contributed by atoms with Gasteiger partial charge >= 0.3 is 0 Å². The molecule has 7 N–H and O–H groups in total. The van der Waals surface area contributed by atoms with Crippen molar-refractivity contribution >= 4 is 168 Å². The predicted molar refractivity (Wildman–Crippen MR) is 298 cm³/mol. The summed E-state index contributed by atoms with van der Waals surface area (Å²) >= 11 is 7.91. The number of benzene rings is 5. The lowest BCUT2D eigenvalue weighted by atomic mass is 10.1. The van der Waals surface area contributed by atoms with Gasteiger partial charge < -0.3 is 15.2 Å². The number of anilines is 1. The number of halogens is 1. The molecule has 0 radical (unpaired) electrons. The van der Waals surface area contributed by atoms with Crippen LogP contribution in [-0.4, -0.2) is 114 Å². The lowest BCUT2D eigenvalue weighted by Crippen LogP contribution is -2.08. The summed E-state index contributed by atoms with van der Waals surface area (Å²) in [6.07, 6.45) is -0.326. The van der Waals surface area contributed by atoms with Crippen LogP contribution in [0.5, 0.6) is 11.6 Å². The molecule has 8 aromatic rings. The van der Waals surface area contributed by atoms with Crippen LogP contribution in [0.25, 0.3) is 37.7 Å². The molecule has 430 valence electrons. The molecule has 82 heavy (non-hydrogen) atoms. The van der Waals surface area contributed by atoms with Crippen LogP contribution in [0.1, 0.15) is 36.5 Å². The third-order valence-corrected chi connectivity index (χ3v) is 18.0. The Morgan fingerprint density at radius 2 is 1.43 bits per heavy atom. The van der Waals surface area contributed by atoms with Gasteiger partial charge in [-0.25, -0.2) is 9.97 Å². The van der Waals surface area contributed by atoms with Gasteiger partial charge in [0.05, 0.1) is 50.1 Å². The minimum atomic E-state index is -5.01. The average Bonchev–Trinajstić information content (AvgIpc) is 3.35. The van der Waals surface area contributed by atoms with Crippen LogP contribution in [0.15, 0.2) is 111 Å². The predicted octanol–water partition coefficient (Wildman–Crippen LogP) is 10.1. The highest BCUT2D eigenvalue weighted by molar-refractivity contribution is 7.99. The topological polar surface area (TPSA) is 459 Å². The highest BCUT2D eigenvalue weighted by atomic mass is 35.5. The zero-order valence-electron chi connectivity index (χ0n) is 41.8. The first-order valence-corrected chi connectivity index (χ1v) is 32.5. The number of rotatable bonds is 20. The van der Waals surface area contributed by atoms with Crippen LogP contribution in [0.2, 0.25) is 5.02 Å². The van der Waals surface area contributed by atoms with Gasteiger partial charge in [0.2, 0.25) is 16.9 Å². The van der Waals surface area contributed by atoms with Crippen LogP contribution in [0.3, 0.4) is 0 Å². The van der Waals surface area contributed by atoms with Gasteiger partial charge in [0.25, 0.3) is 50.6 Å². The van der Waals surface area contributed by atoms with E-state index in [1.165, 1.54) is 50.2 Å². The van der Waals surface area contributed by atoms with Crippen molar-refractivity contribution in [1.82, 2.24) is 14.4 Å². The fraction of sp³-hybridized carbons (Fsp3) is 0.200. The molecule has 5 aromatic carbocycles. The third-order valence-electron chi connectivity index (χ3n) is 11.5. The summed E-state index contributed by atoms with van der Waals surface area (Å²) in [4.78, 5) is 19.3. The summed E-state index contributed by atoms with van der Waals surface area (Å²) in [5.41, 5.74) is -1.34. The number of imidazole rings is 1. The van der Waals surface area contributed by atoms with Crippen molar-refractivity contribution in [3.8, 4) is 17.7 Å². The van der Waals surface area contributed by atoms with E-state index in [9.17, 15) is 80.0 Å². The normalized spacial score (nSPS) is 13.0. The highest BCUT2D eigenvalue weighted by Crippen LogP contribution is 2.45. The van der Waals surface area contributed by atoms with Crippen LogP contribution >= 0.6 is 34.7 Å². The summed E-state index contributed by atoms with van der Waals surface area (Å²) < 4.78 is 176. The quantitative estimate of drug-likeness (QED) is 0.0161. The number of aryl methyl sites for hydroxylation is 1. The highest BCUT2D eigenvalue weighted by Gasteiger charge is 2.27. The van der Waals surface area contributed by atoms with Crippen LogP contribution in [0.4, 0.5) is 39.3 Å². The van der Waals surface area contributed by atoms with E-state index in [2.05, 4.69) is 46.0 Å². The van der Waals surface area contributed by atoms with Crippen molar-refractivity contribution in [2.24, 2.45) is 30.7 Å². The smallest absolute Gasteiger partial charge is 0.296 e. The number of azo groups is 3. The van der Waals surface area contributed by atoms with E-state index in [-0.39, 0.29) is 129 Å². The number of aromatic hydroxyl groups is 1. The maximum absolute atomic E-state index is 12.6. The molecule has 29 nitrogen and oxygen atoms in total. The molecule has 0 aliphatic rings. The maximum atomic E-state index is 12.6. The molecule has 0 bridgehead atoms. The Balaban J connectivity index is 1.22. The number of aromatic nitrogens is 3. The Kier molecular flexibility index (Phi) is 17.2. The molecule has 0 atom stereocenters. The molecule has 0 fully saturated rings. The van der Waals surface area contributed by atoms with Crippen molar-refractivity contribution in [2.75, 3.05) is 29.2 Å². The summed E-state index contributed by atoms with van der Waals surface area (Å²) in [5.74, 6) is -2.84. The number of hydrogen-bond donors (Lipinski definition) is 7. The zero-order valence-corrected chi connectivity index (χ0v) is 48.3. The molecule has 0 saturated heterocycles. The van der Waals surface area contributed by atoms with Crippen molar-refractivity contribution in [2.45, 2.75) is 53.2 Å². The minimum Gasteiger partial charge on any atom is -0.493 e. The number of pyridine rings is 1. The van der Waals surface area contributed by atoms with Gasteiger partial charge in [-0.2, -0.15) is 52.5 Å². The maximum Gasteiger partial charge on any atom is 0.296 e. The first-order valence-electron chi connectivity index (χ1n) is 22.8. The van der Waals surface area contributed by atoms with Crippen LogP contribution < -0.4 is 10.1 Å². The van der Waals surface area contributed by atoms with Crippen molar-refractivity contribution < 1.29 is 79.5 Å². The fourth-order valence-corrected chi connectivity index (χ4v) is 13.2. The first-order chi connectivity index (χ1) is 38.2. The minimum absolute atomic E-state index is 0.0113. The Morgan fingerprint density at radius 1 is 0.768 bits per heavy atom. The van der Waals surface area contributed by atoms with E-state index in [0.29, 0.717) is 5.56 Å². The molecule has 0 spiro atoms. The summed E-state index contributed by atoms with van der Waals surface area (Å²) in [5, 5.41) is 50.1. The van der Waals surface area contributed by atoms with Crippen LogP contribution in [-0.2, 0) is 55.4 Å². The standard InChI is InChI=1S/C45H38ClN11O18S7/c1-21-12-32(53-55-39-22(2)28(20-47)43-49-34-15-25(46)16-38(82(72,73)74)41(34)57(43)44(39)59)35(75-8-4-10-78(60,61)62)18-29(21)51-54-33-17-30(48-23(3)58)31(19-36(33)76-9-5-11-79(63,64)65)52-56-45-50-40-37(81(69,70)71)14-24-13-26(80(66,67)68)6-7-27(24)42(40)77-45/h6-7,12-19,59H,4-5,8-11H2,1-3H3,(H,48,58)(H,60,61,62)(H,63,64,65)(H,66,67,68)(H,69,70,71)(H,72,73,74). The van der Waals surface area contributed by atoms with Crippen molar-refractivity contribution in [3.05, 3.63) is 82.4 Å². The number of fused-ring (bicyclic) bond motifs is 6. The number of nitrogens with one attached hydrogen (secondary N) is 1. The molecule has 8 rings (SSSR count). The lowest BCUT2D eigenvalue weighted by Gasteiger charge is -2.13. The van der Waals surface area contributed by atoms with Crippen LogP contribution in [0, 0.1) is 25.2 Å². The third kappa shape index (κ3) is 13.8. The molecule has 0 aliphatic carbocycles. The number of amides is 1. The van der Waals surface area contributed by atoms with E-state index in [0.717, 1.165) is 51.8 Å². The number of carbonyl (C=O) groups is 1. The van der Waals surface area contributed by atoms with E-state index in [1.807, 2.05) is 6.07 Å². The Hall–Kier alpha value is -7.25. The second-order valence-electron chi connectivity index (χ2n) is 17.4. The van der Waals surface area contributed by atoms with Gasteiger partial charge in [0.1, 0.15) is 49.8 Å². The number of thioether (sulfide) groups is 1. The van der Waals surface area contributed by atoms with Gasteiger partial charge in [-0.15, -0.1) is 37.3 Å². The van der Waals surface area contributed by atoms with E-state index in [4.69, 9.17) is 16.3 Å². The van der Waals surface area contributed by atoms with Gasteiger partial charge in [0.15, 0.2) is 11.3 Å². The molecule has 3 aromatic heterocycles. The monoisotopic (exact) mass is 1280 g/mol. The SMILES string of the molecule is CC(=O)Nc1cc(N=Nc2cc(OCCCS(=O)(=O)O)c(N=Nc3c(C)c(C#N)c4nc5cc(Cl)cc(S(=O)(=O)O)c5n4c3O)cc2C)c(SCCCS(=O)(=O)O)cc1N=Nc1nc2c(S(=O)(=O)O)cc3cc(S(=O)(=O)O)ccc3c2s1. The number of ether oxygens (including phenoxy) is 1. The molecule has 0 aliphatic heterocycles. The fourth-order valence-electron chi connectivity index (χ4n) is 7.90. The van der Waals surface area contributed by atoms with E-state index >= 15 is 0 Å². The first kappa shape index (κ1) is 60.8. The Bertz CT molecular complexity index is 4760. The molecule has 37 heteroatoms. The van der Waals surface area contributed by atoms with E-state index < -0.39 is 88.6 Å². The Morgan fingerprint density at radius 3 is 2.07 bits per heavy atom. The lowest BCUT2D eigenvalue weighted by molar-refractivity contribution is -0.114.